The first-order chi connectivity index (χ1) is 5.77. The van der Waals surface area contributed by atoms with Crippen LogP contribution in [0.1, 0.15) is 11.1 Å². The van der Waals surface area contributed by atoms with Gasteiger partial charge in [0, 0.05) is 10.4 Å². The third-order valence-electron chi connectivity index (χ3n) is 1.68. The minimum Gasteiger partial charge on any atom is -0.126 e. The molecule has 1 rings (SSSR count). The maximum absolute atomic E-state index is 5.64. The smallest absolute Gasteiger partial charge is 0.0264 e. The summed E-state index contributed by atoms with van der Waals surface area (Å²) >= 11 is 9.12. The van der Waals surface area contributed by atoms with Crippen molar-refractivity contribution in [1.82, 2.24) is 0 Å². The van der Waals surface area contributed by atoms with Crippen LogP contribution in [0, 0.1) is 0 Å². The Morgan fingerprint density at radius 3 is 2.75 bits per heavy atom. The zero-order valence-electron chi connectivity index (χ0n) is 6.69. The molecule has 64 valence electrons. The second-order valence-corrected chi connectivity index (χ2v) is 3.73. The van der Waals surface area contributed by atoms with Gasteiger partial charge in [-0.15, -0.1) is 11.6 Å². The first-order valence-corrected chi connectivity index (χ1v) is 5.07. The van der Waals surface area contributed by atoms with Crippen molar-refractivity contribution >= 4 is 33.6 Å². The van der Waals surface area contributed by atoms with Crippen molar-refractivity contribution in [1.29, 1.82) is 0 Å². The first-order valence-electron chi connectivity index (χ1n) is 3.74. The highest BCUT2D eigenvalue weighted by atomic mass is 79.9. The SMILES string of the molecule is C=Cc1ccc(CCCl)c(Br)c1. The zero-order valence-corrected chi connectivity index (χ0v) is 9.03. The molecule has 0 saturated heterocycles. The lowest BCUT2D eigenvalue weighted by atomic mass is 10.1. The second-order valence-electron chi connectivity index (χ2n) is 2.49. The van der Waals surface area contributed by atoms with Crippen LogP contribution in [0.4, 0.5) is 0 Å². The predicted molar refractivity (Wildman–Crippen MR) is 58.7 cm³/mol. The molecule has 0 heterocycles. The molecule has 0 spiro atoms. The number of hydrogen-bond donors (Lipinski definition) is 0. The first kappa shape index (κ1) is 9.82. The van der Waals surface area contributed by atoms with Gasteiger partial charge in [-0.05, 0) is 23.6 Å². The molecule has 0 N–H and O–H groups in total. The molecule has 0 atom stereocenters. The van der Waals surface area contributed by atoms with Gasteiger partial charge in [0.05, 0.1) is 0 Å². The van der Waals surface area contributed by atoms with E-state index in [2.05, 4.69) is 34.6 Å². The third-order valence-corrected chi connectivity index (χ3v) is 2.60. The summed E-state index contributed by atoms with van der Waals surface area (Å²) < 4.78 is 1.11. The van der Waals surface area contributed by atoms with Crippen LogP contribution in [-0.4, -0.2) is 5.88 Å². The Hall–Kier alpha value is -0.270. The molecular weight excluding hydrogens is 235 g/mol. The van der Waals surface area contributed by atoms with E-state index < -0.39 is 0 Å². The van der Waals surface area contributed by atoms with Crippen LogP contribution in [-0.2, 0) is 6.42 Å². The summed E-state index contributed by atoms with van der Waals surface area (Å²) in [5, 5.41) is 0. The third kappa shape index (κ3) is 2.36. The van der Waals surface area contributed by atoms with Crippen molar-refractivity contribution in [2.24, 2.45) is 0 Å². The van der Waals surface area contributed by atoms with Crippen molar-refractivity contribution in [3.63, 3.8) is 0 Å². The van der Waals surface area contributed by atoms with Crippen LogP contribution in [0.15, 0.2) is 29.3 Å². The van der Waals surface area contributed by atoms with Gasteiger partial charge in [-0.1, -0.05) is 40.7 Å². The van der Waals surface area contributed by atoms with Gasteiger partial charge in [-0.2, -0.15) is 0 Å². The Morgan fingerprint density at radius 1 is 1.50 bits per heavy atom. The van der Waals surface area contributed by atoms with Crippen molar-refractivity contribution in [3.05, 3.63) is 40.4 Å². The molecule has 0 radical (unpaired) electrons. The Kier molecular flexibility index (Phi) is 3.83. The van der Waals surface area contributed by atoms with Crippen molar-refractivity contribution < 1.29 is 0 Å². The summed E-state index contributed by atoms with van der Waals surface area (Å²) in [5.74, 6) is 0.659. The lowest BCUT2D eigenvalue weighted by Crippen LogP contribution is -1.87. The van der Waals surface area contributed by atoms with Crippen LogP contribution in [0.2, 0.25) is 0 Å². The van der Waals surface area contributed by atoms with E-state index in [-0.39, 0.29) is 0 Å². The topological polar surface area (TPSA) is 0 Å². The summed E-state index contributed by atoms with van der Waals surface area (Å²) in [7, 11) is 0. The van der Waals surface area contributed by atoms with Crippen molar-refractivity contribution in [3.8, 4) is 0 Å². The molecule has 0 fully saturated rings. The molecule has 1 aromatic carbocycles. The average molecular weight is 246 g/mol. The Balaban J connectivity index is 2.94. The van der Waals surface area contributed by atoms with E-state index in [1.807, 2.05) is 12.1 Å². The molecule has 0 amide bonds. The number of hydrogen-bond acceptors (Lipinski definition) is 0. The van der Waals surface area contributed by atoms with E-state index >= 15 is 0 Å². The largest absolute Gasteiger partial charge is 0.126 e. The van der Waals surface area contributed by atoms with Crippen LogP contribution >= 0.6 is 27.5 Å². The number of benzene rings is 1. The number of halogens is 2. The van der Waals surface area contributed by atoms with Crippen molar-refractivity contribution in [2.45, 2.75) is 6.42 Å². The van der Waals surface area contributed by atoms with Gasteiger partial charge in [0.25, 0.3) is 0 Å². The monoisotopic (exact) mass is 244 g/mol. The van der Waals surface area contributed by atoms with Crippen LogP contribution in [0.25, 0.3) is 6.08 Å². The van der Waals surface area contributed by atoms with Crippen LogP contribution in [0.3, 0.4) is 0 Å². The van der Waals surface area contributed by atoms with E-state index in [1.54, 1.807) is 0 Å². The summed E-state index contributed by atoms with van der Waals surface area (Å²) in [6.45, 7) is 3.70. The molecule has 0 unspecified atom stereocenters. The summed E-state index contributed by atoms with van der Waals surface area (Å²) in [4.78, 5) is 0. The standard InChI is InChI=1S/C10H10BrCl/c1-2-8-3-4-9(5-6-12)10(11)7-8/h2-4,7H,1,5-6H2. The molecule has 0 aliphatic heterocycles. The average Bonchev–Trinajstić information content (AvgIpc) is 2.09. The molecule has 12 heavy (non-hydrogen) atoms. The van der Waals surface area contributed by atoms with Gasteiger partial charge < -0.3 is 0 Å². The fraction of sp³-hybridized carbons (Fsp3) is 0.200. The fourth-order valence-corrected chi connectivity index (χ4v) is 1.79. The lowest BCUT2D eigenvalue weighted by molar-refractivity contribution is 1.14. The van der Waals surface area contributed by atoms with Crippen molar-refractivity contribution in [2.75, 3.05) is 5.88 Å². The molecule has 0 aliphatic rings. The van der Waals surface area contributed by atoms with E-state index in [1.165, 1.54) is 5.56 Å². The molecule has 0 aliphatic carbocycles. The van der Waals surface area contributed by atoms with Gasteiger partial charge in [0.1, 0.15) is 0 Å². The normalized spacial score (nSPS) is 9.83. The molecule has 2 heteroatoms. The molecule has 0 bridgehead atoms. The summed E-state index contributed by atoms with van der Waals surface area (Å²) in [6.07, 6.45) is 2.73. The number of alkyl halides is 1. The lowest BCUT2D eigenvalue weighted by Gasteiger charge is -2.02. The minimum atomic E-state index is 0.659. The van der Waals surface area contributed by atoms with E-state index in [4.69, 9.17) is 11.6 Å². The molecule has 0 saturated carbocycles. The highest BCUT2D eigenvalue weighted by molar-refractivity contribution is 9.10. The minimum absolute atomic E-state index is 0.659. The maximum atomic E-state index is 5.64. The number of aryl methyl sites for hydroxylation is 1. The Morgan fingerprint density at radius 2 is 2.25 bits per heavy atom. The molecule has 0 aromatic heterocycles. The highest BCUT2D eigenvalue weighted by Gasteiger charge is 1.98. The summed E-state index contributed by atoms with van der Waals surface area (Å²) in [6, 6.07) is 6.16. The molecule has 1 aromatic rings. The van der Waals surface area contributed by atoms with Gasteiger partial charge in [-0.3, -0.25) is 0 Å². The summed E-state index contributed by atoms with van der Waals surface area (Å²) in [5.41, 5.74) is 2.37. The van der Waals surface area contributed by atoms with Gasteiger partial charge >= 0.3 is 0 Å². The van der Waals surface area contributed by atoms with Gasteiger partial charge in [-0.25, -0.2) is 0 Å². The van der Waals surface area contributed by atoms with Crippen LogP contribution in [0.5, 0.6) is 0 Å². The van der Waals surface area contributed by atoms with Gasteiger partial charge in [0.2, 0.25) is 0 Å². The maximum Gasteiger partial charge on any atom is 0.0264 e. The fourth-order valence-electron chi connectivity index (χ4n) is 0.995. The molecular formula is C10H10BrCl. The zero-order chi connectivity index (χ0) is 8.97. The Bertz CT molecular complexity index is 281. The second kappa shape index (κ2) is 4.68. The van der Waals surface area contributed by atoms with Gasteiger partial charge in [0.15, 0.2) is 0 Å². The van der Waals surface area contributed by atoms with Crippen LogP contribution < -0.4 is 0 Å². The highest BCUT2D eigenvalue weighted by Crippen LogP contribution is 2.19. The van der Waals surface area contributed by atoms with E-state index in [9.17, 15) is 0 Å². The van der Waals surface area contributed by atoms with E-state index in [0.29, 0.717) is 5.88 Å². The number of rotatable bonds is 3. The van der Waals surface area contributed by atoms with E-state index in [0.717, 1.165) is 16.5 Å². The Labute approximate surface area is 86.4 Å². The predicted octanol–water partition coefficient (Wildman–Crippen LogP) is 3.87. The molecule has 0 nitrogen and oxygen atoms in total. The quantitative estimate of drug-likeness (QED) is 0.709.